The van der Waals surface area contributed by atoms with Crippen molar-refractivity contribution < 1.29 is 1720 Å². The van der Waals surface area contributed by atoms with E-state index in [1.165, 1.54) is 0 Å². The Kier molecular flexibility index (Phi) is 1520. The minimum atomic E-state index is -1.19. The first-order chi connectivity index (χ1) is 36.3. The minimum Gasteiger partial charge on any atom is -0.480 e. The zero-order valence-corrected chi connectivity index (χ0v) is 190. The first-order valence-corrected chi connectivity index (χ1v) is 17.6. The number of carboxylic acid groups (broad SMARTS) is 16. The Morgan fingerprint density at radius 2 is 0.0846 bits per heavy atom. The van der Waals surface area contributed by atoms with E-state index in [-0.39, 0.29) is 1480 Å². The molecule has 0 fully saturated rings. The third-order valence-corrected chi connectivity index (χ3v) is 2.16. The number of hydrogen-bond acceptors (Lipinski definition) is 32. The topological polar surface area (TPSA) is 920 Å². The van der Waals surface area contributed by atoms with Crippen molar-refractivity contribution in [2.75, 3.05) is 106 Å². The summed E-state index contributed by atoms with van der Waals surface area (Å²) >= 11 is 0. The van der Waals surface area contributed by atoms with Gasteiger partial charge in [0, 0.05) is 0 Å². The molecule has 0 bridgehead atoms. The molecule has 0 rings (SSSR count). The molecule has 98 heteroatoms. The zero-order chi connectivity index (χ0) is 68.6. The van der Waals surface area contributed by atoms with Crippen LogP contribution in [0.25, 0.3) is 0 Å². The van der Waals surface area contributed by atoms with Crippen molar-refractivity contribution in [2.45, 2.75) is 0 Å². The zero-order valence-electron chi connectivity index (χ0n) is 90.2. The predicted molar refractivity (Wildman–Crippen MR) is 236 cm³/mol. The fourth-order valence-electron chi connectivity index (χ4n) is 0. The monoisotopic (exact) mass is 2370 g/mol. The van der Waals surface area contributed by atoms with Crippen molar-refractivity contribution in [1.29, 1.82) is 0 Å². The number of aliphatic hydroxyl groups excluding tert-OH is 16. The summed E-state index contributed by atoms with van der Waals surface area (Å²) in [7, 11) is 0. The van der Waals surface area contributed by atoms with E-state index in [0.29, 0.717) is 0 Å². The number of carbonyl (C=O) groups is 16. The summed E-state index contributed by atoms with van der Waals surface area (Å²) in [6.07, 6.45) is 0. The van der Waals surface area contributed by atoms with E-state index in [0.717, 1.165) is 0 Å². The van der Waals surface area contributed by atoms with Gasteiger partial charge < -0.3 is 163 Å². The molecule has 0 radical (unpaired) electrons. The van der Waals surface area contributed by atoms with Crippen LogP contribution in [-0.4, -0.2) is 365 Å². The van der Waals surface area contributed by atoms with Crippen LogP contribution in [0.3, 0.4) is 0 Å². The molecular weight excluding hydrogens is 2300 g/mol. The van der Waals surface area contributed by atoms with Gasteiger partial charge in [-0.05, 0) is 0 Å². The van der Waals surface area contributed by atoms with Crippen molar-refractivity contribution in [3.63, 3.8) is 0 Å². The van der Waals surface area contributed by atoms with E-state index in [1.807, 2.05) is 0 Å². The van der Waals surface area contributed by atoms with Gasteiger partial charge in [0.1, 0.15) is 106 Å². The third-order valence-electron chi connectivity index (χ3n) is 2.16. The molecule has 0 aliphatic carbocycles. The summed E-state index contributed by atoms with van der Waals surface area (Å²) in [6, 6.07) is 0. The molecule has 130 heavy (non-hydrogen) atoms. The number of hydrogen-bond donors (Lipinski definition) is 32. The molecule has 0 unspecified atom stereocenters. The molecular formula is C32H64Na50O48+50. The molecule has 480 valence electrons. The normalized spacial score (nSPS) is 4.55. The predicted octanol–water partition coefficient (Wildman–Crippen LogP) is -165. The summed E-state index contributed by atoms with van der Waals surface area (Å²) < 4.78 is 0. The van der Waals surface area contributed by atoms with Gasteiger partial charge in [-0.3, -0.25) is 0 Å². The molecule has 0 saturated heterocycles. The second-order valence-corrected chi connectivity index (χ2v) is 8.83. The Balaban J connectivity index is -0.00000000512. The molecule has 0 aromatic rings. The Bertz CT molecular complexity index is 1220. The summed E-state index contributed by atoms with van der Waals surface area (Å²) in [4.78, 5) is 146. The Morgan fingerprint density at radius 3 is 0.0846 bits per heavy atom. The van der Waals surface area contributed by atoms with Crippen LogP contribution in [0.15, 0.2) is 0 Å². The maximum atomic E-state index is 9.12. The van der Waals surface area contributed by atoms with Crippen LogP contribution in [0.5, 0.6) is 0 Å². The molecule has 0 atom stereocenters. The SMILES string of the molecule is O=C(O)CO.O=C(O)CO.O=C(O)CO.O=C(O)CO.O=C(O)CO.O=C(O)CO.O=C(O)CO.O=C(O)CO.O=C(O)CO.O=C(O)CO.O=C(O)CO.O=C(O)CO.O=C(O)CO.O=C(O)CO.O=C(O)CO.O=C(O)CO.[Na+].[Na+].[Na+].[Na+].[Na+].[Na+].[Na+].[Na+].[Na+].[Na+].[Na+].[Na+].[Na+].[Na+].[Na+].[Na+].[Na+].[Na+].[Na+].[Na+].[Na+].[Na+].[Na+].[Na+].[Na+].[Na+].[Na+].[Na+].[Na+].[Na+].[Na+].[Na+].[Na+].[Na+].[Na+].[Na+].[Na+].[Na+].[Na+].[Na+].[Na+].[Na+].[Na+].[Na+].[Na+].[Na+].[Na+].[Na+].[Na+].[Na+]. The summed E-state index contributed by atoms with van der Waals surface area (Å²) in [5.41, 5.74) is 0. The molecule has 0 aliphatic rings. The van der Waals surface area contributed by atoms with Crippen LogP contribution in [0.2, 0.25) is 0 Å². The molecule has 0 aromatic carbocycles. The fraction of sp³-hybridized carbons (Fsp3) is 0.500. The van der Waals surface area contributed by atoms with Gasteiger partial charge in [0.25, 0.3) is 0 Å². The molecule has 0 spiro atoms. The average Bonchev–Trinajstić information content (AvgIpc) is 3.40. The maximum Gasteiger partial charge on any atom is 1.00 e. The van der Waals surface area contributed by atoms with Crippen LogP contribution < -0.4 is 1480 Å². The molecule has 32 N–H and O–H groups in total. The number of carboxylic acids is 16. The van der Waals surface area contributed by atoms with Crippen LogP contribution >= 0.6 is 0 Å². The van der Waals surface area contributed by atoms with Crippen molar-refractivity contribution >= 4 is 95.5 Å². The third kappa shape index (κ3) is 896. The Morgan fingerprint density at radius 1 is 0.0769 bits per heavy atom. The summed E-state index contributed by atoms with van der Waals surface area (Å²) in [5.74, 6) is -19.0. The largest absolute Gasteiger partial charge is 1.00 e. The summed E-state index contributed by atoms with van der Waals surface area (Å²) in [5, 5.41) is 240. The van der Waals surface area contributed by atoms with Crippen molar-refractivity contribution in [1.82, 2.24) is 0 Å². The Hall–Kier alpha value is 40.9. The van der Waals surface area contributed by atoms with Gasteiger partial charge in [-0.1, -0.05) is 0 Å². The van der Waals surface area contributed by atoms with E-state index in [2.05, 4.69) is 0 Å². The molecule has 48 nitrogen and oxygen atoms in total. The minimum absolute atomic E-state index is 0. The number of rotatable bonds is 16. The average molecular weight is 2370 g/mol. The molecule has 0 aromatic heterocycles. The van der Waals surface area contributed by atoms with Crippen molar-refractivity contribution in [2.24, 2.45) is 0 Å². The van der Waals surface area contributed by atoms with Gasteiger partial charge in [-0.15, -0.1) is 0 Å². The van der Waals surface area contributed by atoms with Crippen molar-refractivity contribution in [3.05, 3.63) is 0 Å². The van der Waals surface area contributed by atoms with Crippen LogP contribution in [0, 0.1) is 0 Å². The van der Waals surface area contributed by atoms with E-state index < -0.39 is 201 Å². The van der Waals surface area contributed by atoms with Gasteiger partial charge in [0.05, 0.1) is 0 Å². The molecule has 0 amide bonds. The summed E-state index contributed by atoms with van der Waals surface area (Å²) in [6.45, 7) is -12.4. The molecule has 0 heterocycles. The number of aliphatic carboxylic acids is 16. The van der Waals surface area contributed by atoms with Gasteiger partial charge in [0.2, 0.25) is 0 Å². The second kappa shape index (κ2) is 440. The van der Waals surface area contributed by atoms with E-state index in [1.54, 1.807) is 0 Å². The van der Waals surface area contributed by atoms with Gasteiger partial charge in [-0.25, -0.2) is 76.7 Å². The van der Waals surface area contributed by atoms with Gasteiger partial charge >= 0.3 is 1570 Å². The van der Waals surface area contributed by atoms with Crippen molar-refractivity contribution in [3.8, 4) is 0 Å². The molecule has 0 saturated carbocycles. The van der Waals surface area contributed by atoms with Crippen LogP contribution in [-0.2, 0) is 76.7 Å². The fourth-order valence-corrected chi connectivity index (χ4v) is 0. The smallest absolute Gasteiger partial charge is 0.480 e. The van der Waals surface area contributed by atoms with E-state index in [9.17, 15) is 0 Å². The standard InChI is InChI=1S/16C2H4O3.50Na/c16*3-1-2(4)5;;;;;;;;;;;;;;;;;;;;;;;;;;;;;;;;;;;;;;;;;;;;;;;;;;/h16*3H,1H2,(H,4,5);;;;;;;;;;;;;;;;;;;;;;;;;;;;;;;;;;;;;;;;;;;;;;;;;;/q;;;;;;;;;;;;;;;;50*+1. The molecule has 0 aliphatic heterocycles. The van der Waals surface area contributed by atoms with Gasteiger partial charge in [-0.2, -0.15) is 0 Å². The van der Waals surface area contributed by atoms with Gasteiger partial charge in [0.15, 0.2) is 0 Å². The first-order valence-electron chi connectivity index (χ1n) is 17.6. The Labute approximate surface area is 1860 Å². The van der Waals surface area contributed by atoms with E-state index >= 15 is 0 Å². The van der Waals surface area contributed by atoms with Crippen LogP contribution in [0.1, 0.15) is 0 Å². The van der Waals surface area contributed by atoms with E-state index in [4.69, 9.17) is 240 Å². The second-order valence-electron chi connectivity index (χ2n) is 8.83. The quantitative estimate of drug-likeness (QED) is 0.0638. The first kappa shape index (κ1) is 448. The maximum absolute atomic E-state index is 9.12. The van der Waals surface area contributed by atoms with Crippen LogP contribution in [0.4, 0.5) is 0 Å². The number of aliphatic hydroxyl groups is 16.